The molecule has 1 aliphatic rings. The van der Waals surface area contributed by atoms with Crippen LogP contribution in [-0.2, 0) is 17.6 Å². The van der Waals surface area contributed by atoms with Gasteiger partial charge in [-0.3, -0.25) is 19.9 Å². The summed E-state index contributed by atoms with van der Waals surface area (Å²) in [7, 11) is 0. The molecule has 6 nitrogen and oxygen atoms in total. The lowest BCUT2D eigenvalue weighted by Crippen LogP contribution is -2.30. The molecule has 21 heavy (non-hydrogen) atoms. The van der Waals surface area contributed by atoms with Gasteiger partial charge in [0.1, 0.15) is 5.69 Å². The number of aromatic nitrogens is 1. The fraction of sp³-hybridized carbons (Fsp3) is 0.200. The molecule has 1 aliphatic heterocycles. The van der Waals surface area contributed by atoms with Crippen molar-refractivity contribution in [3.63, 3.8) is 0 Å². The van der Waals surface area contributed by atoms with Crippen molar-refractivity contribution >= 4 is 17.3 Å². The number of nitrogens with zero attached hydrogens (tertiary/aromatic N) is 3. The first-order valence-corrected chi connectivity index (χ1v) is 6.62. The van der Waals surface area contributed by atoms with E-state index in [0.29, 0.717) is 18.7 Å². The molecule has 0 fully saturated rings. The highest BCUT2D eigenvalue weighted by atomic mass is 16.6. The fourth-order valence-corrected chi connectivity index (χ4v) is 2.60. The number of fused-ring (bicyclic) bond motifs is 1. The van der Waals surface area contributed by atoms with Crippen LogP contribution in [-0.4, -0.2) is 22.4 Å². The van der Waals surface area contributed by atoms with Gasteiger partial charge in [-0.1, -0.05) is 18.2 Å². The molecule has 0 N–H and O–H groups in total. The Bertz CT molecular complexity index is 701. The van der Waals surface area contributed by atoms with Crippen LogP contribution in [0.4, 0.5) is 11.4 Å². The van der Waals surface area contributed by atoms with Gasteiger partial charge in [-0.05, 0) is 23.6 Å². The maximum atomic E-state index is 12.4. The first kappa shape index (κ1) is 13.2. The van der Waals surface area contributed by atoms with Crippen molar-refractivity contribution in [2.75, 3.05) is 11.4 Å². The summed E-state index contributed by atoms with van der Waals surface area (Å²) in [5, 5.41) is 11.1. The summed E-state index contributed by atoms with van der Waals surface area (Å²) < 4.78 is 0. The number of rotatable bonds is 3. The summed E-state index contributed by atoms with van der Waals surface area (Å²) in [5.41, 5.74) is 2.08. The zero-order chi connectivity index (χ0) is 14.8. The van der Waals surface area contributed by atoms with Gasteiger partial charge < -0.3 is 4.90 Å². The number of nitro benzene ring substituents is 1. The van der Waals surface area contributed by atoms with E-state index < -0.39 is 4.92 Å². The highest BCUT2D eigenvalue weighted by molar-refractivity contribution is 5.99. The van der Waals surface area contributed by atoms with Crippen molar-refractivity contribution < 1.29 is 9.72 Å². The number of carbonyl (C=O) groups excluding carboxylic acids is 1. The molecule has 0 aliphatic carbocycles. The average molecular weight is 283 g/mol. The number of pyridine rings is 1. The summed E-state index contributed by atoms with van der Waals surface area (Å²) in [6.45, 7) is 0.485. The van der Waals surface area contributed by atoms with Crippen LogP contribution in [0.2, 0.25) is 0 Å². The van der Waals surface area contributed by atoms with Crippen LogP contribution in [0.1, 0.15) is 11.1 Å². The number of benzene rings is 1. The summed E-state index contributed by atoms with van der Waals surface area (Å²) in [6.07, 6.45) is 4.12. The van der Waals surface area contributed by atoms with E-state index in [-0.39, 0.29) is 18.0 Å². The number of amides is 1. The van der Waals surface area contributed by atoms with Gasteiger partial charge in [0.25, 0.3) is 5.69 Å². The molecule has 0 spiro atoms. The standard InChI is InChI=1S/C15H13N3O3/c19-14(9-11-3-2-7-16-10-11)17-8-6-12-4-1-5-13(15(12)17)18(20)21/h1-5,7,10H,6,8-9H2. The number of hydrogen-bond acceptors (Lipinski definition) is 4. The molecular weight excluding hydrogens is 270 g/mol. The van der Waals surface area contributed by atoms with Crippen LogP contribution in [0.5, 0.6) is 0 Å². The first-order valence-electron chi connectivity index (χ1n) is 6.62. The lowest BCUT2D eigenvalue weighted by Gasteiger charge is -2.17. The largest absolute Gasteiger partial charge is 0.306 e. The van der Waals surface area contributed by atoms with Gasteiger partial charge in [-0.2, -0.15) is 0 Å². The molecule has 2 aromatic rings. The highest BCUT2D eigenvalue weighted by Gasteiger charge is 2.31. The molecule has 1 aromatic heterocycles. The molecule has 0 saturated carbocycles. The van der Waals surface area contributed by atoms with E-state index in [1.54, 1.807) is 24.5 Å². The van der Waals surface area contributed by atoms with E-state index >= 15 is 0 Å². The van der Waals surface area contributed by atoms with Gasteiger partial charge in [0, 0.05) is 25.0 Å². The third kappa shape index (κ3) is 2.47. The molecule has 0 saturated heterocycles. The molecule has 1 aromatic carbocycles. The third-order valence-corrected chi connectivity index (χ3v) is 3.55. The van der Waals surface area contributed by atoms with E-state index in [2.05, 4.69) is 4.98 Å². The number of carbonyl (C=O) groups is 1. The Morgan fingerprint density at radius 1 is 1.33 bits per heavy atom. The monoisotopic (exact) mass is 283 g/mol. The second-order valence-electron chi connectivity index (χ2n) is 4.88. The number of nitro groups is 1. The molecule has 0 atom stereocenters. The summed E-state index contributed by atoms with van der Waals surface area (Å²) in [5.74, 6) is -0.143. The SMILES string of the molecule is O=C(Cc1cccnc1)N1CCc2cccc([N+](=O)[O-])c21. The van der Waals surface area contributed by atoms with Crippen molar-refractivity contribution in [1.29, 1.82) is 0 Å². The minimum absolute atomic E-state index is 0.00969. The topological polar surface area (TPSA) is 76.3 Å². The van der Waals surface area contributed by atoms with Crippen LogP contribution >= 0.6 is 0 Å². The van der Waals surface area contributed by atoms with Crippen molar-refractivity contribution in [3.8, 4) is 0 Å². The maximum absolute atomic E-state index is 12.4. The van der Waals surface area contributed by atoms with Crippen LogP contribution in [0.15, 0.2) is 42.7 Å². The lowest BCUT2D eigenvalue weighted by molar-refractivity contribution is -0.384. The average Bonchev–Trinajstić information content (AvgIpc) is 2.92. The van der Waals surface area contributed by atoms with E-state index in [4.69, 9.17) is 0 Å². The van der Waals surface area contributed by atoms with Gasteiger partial charge in [-0.15, -0.1) is 0 Å². The first-order chi connectivity index (χ1) is 10.2. The zero-order valence-electron chi connectivity index (χ0n) is 11.2. The second-order valence-corrected chi connectivity index (χ2v) is 4.88. The third-order valence-electron chi connectivity index (χ3n) is 3.55. The number of anilines is 1. The van der Waals surface area contributed by atoms with Crippen molar-refractivity contribution in [2.24, 2.45) is 0 Å². The van der Waals surface area contributed by atoms with Crippen LogP contribution in [0.25, 0.3) is 0 Å². The smallest absolute Gasteiger partial charge is 0.293 e. The van der Waals surface area contributed by atoms with E-state index in [1.165, 1.54) is 11.0 Å². The minimum Gasteiger partial charge on any atom is -0.306 e. The van der Waals surface area contributed by atoms with Gasteiger partial charge in [0.15, 0.2) is 0 Å². The van der Waals surface area contributed by atoms with Crippen molar-refractivity contribution in [2.45, 2.75) is 12.8 Å². The number of para-hydroxylation sites is 1. The molecule has 0 unspecified atom stereocenters. The van der Waals surface area contributed by atoms with Gasteiger partial charge in [-0.25, -0.2) is 0 Å². The molecule has 3 rings (SSSR count). The van der Waals surface area contributed by atoms with Crippen LogP contribution in [0, 0.1) is 10.1 Å². The minimum atomic E-state index is -0.436. The predicted molar refractivity (Wildman–Crippen MR) is 77.1 cm³/mol. The molecule has 0 bridgehead atoms. The van der Waals surface area contributed by atoms with Gasteiger partial charge in [0.05, 0.1) is 11.3 Å². The Morgan fingerprint density at radius 2 is 2.19 bits per heavy atom. The predicted octanol–water partition coefficient (Wildman–Crippen LogP) is 2.12. The molecule has 106 valence electrons. The Balaban J connectivity index is 1.90. The van der Waals surface area contributed by atoms with Gasteiger partial charge in [0.2, 0.25) is 5.91 Å². The molecule has 1 amide bonds. The molecule has 2 heterocycles. The van der Waals surface area contributed by atoms with Crippen LogP contribution in [0.3, 0.4) is 0 Å². The normalized spacial score (nSPS) is 13.0. The Morgan fingerprint density at radius 3 is 2.90 bits per heavy atom. The molecule has 0 radical (unpaired) electrons. The summed E-state index contributed by atoms with van der Waals surface area (Å²) >= 11 is 0. The maximum Gasteiger partial charge on any atom is 0.293 e. The quantitative estimate of drug-likeness (QED) is 0.638. The fourth-order valence-electron chi connectivity index (χ4n) is 2.60. The van der Waals surface area contributed by atoms with Crippen molar-refractivity contribution in [3.05, 3.63) is 64.0 Å². The Kier molecular flexibility index (Phi) is 3.35. The van der Waals surface area contributed by atoms with E-state index in [9.17, 15) is 14.9 Å². The Labute approximate surface area is 121 Å². The van der Waals surface area contributed by atoms with E-state index in [1.807, 2.05) is 12.1 Å². The molecular formula is C15H13N3O3. The molecule has 6 heteroatoms. The van der Waals surface area contributed by atoms with Crippen molar-refractivity contribution in [1.82, 2.24) is 4.98 Å². The number of hydrogen-bond donors (Lipinski definition) is 0. The van der Waals surface area contributed by atoms with Gasteiger partial charge >= 0.3 is 0 Å². The van der Waals surface area contributed by atoms with Crippen LogP contribution < -0.4 is 4.90 Å². The Hall–Kier alpha value is -2.76. The highest BCUT2D eigenvalue weighted by Crippen LogP contribution is 2.37. The second kappa shape index (κ2) is 5.32. The zero-order valence-corrected chi connectivity index (χ0v) is 11.2. The lowest BCUT2D eigenvalue weighted by atomic mass is 10.1. The summed E-state index contributed by atoms with van der Waals surface area (Å²) in [4.78, 5) is 28.6. The summed E-state index contributed by atoms with van der Waals surface area (Å²) in [6, 6.07) is 8.52. The van der Waals surface area contributed by atoms with E-state index in [0.717, 1.165) is 11.1 Å².